The van der Waals surface area contributed by atoms with E-state index in [9.17, 15) is 14.9 Å². The van der Waals surface area contributed by atoms with Crippen molar-refractivity contribution >= 4 is 5.78 Å². The maximum Gasteiger partial charge on any atom is 0.243 e. The minimum atomic E-state index is -0.457. The van der Waals surface area contributed by atoms with Crippen molar-refractivity contribution in [3.63, 3.8) is 0 Å². The monoisotopic (exact) mass is 195 g/mol. The van der Waals surface area contributed by atoms with Gasteiger partial charge >= 0.3 is 0 Å². The number of hydrogen-bond acceptors (Lipinski definition) is 3. The summed E-state index contributed by atoms with van der Waals surface area (Å²) in [7, 11) is 0. The van der Waals surface area contributed by atoms with Crippen LogP contribution in [0.4, 0.5) is 0 Å². The van der Waals surface area contributed by atoms with E-state index in [2.05, 4.69) is 0 Å². The Morgan fingerprint density at radius 1 is 1.36 bits per heavy atom. The second-order valence-electron chi connectivity index (χ2n) is 3.52. The Hall–Kier alpha value is -1.45. The van der Waals surface area contributed by atoms with Gasteiger partial charge in [-0.3, -0.25) is 14.9 Å². The highest BCUT2D eigenvalue weighted by Gasteiger charge is 2.27. The standard InChI is InChI=1S/C10H13NO3/c1-7(11(13)14)3-6-10(8(2)12)9-4-5-9/h3,6,9H,4-5H2,1-2H3/b7-3+,10-6-. The molecule has 76 valence electrons. The van der Waals surface area contributed by atoms with Crippen molar-refractivity contribution in [3.05, 3.63) is 33.5 Å². The average molecular weight is 195 g/mol. The van der Waals surface area contributed by atoms with Gasteiger partial charge in [0.15, 0.2) is 5.78 Å². The van der Waals surface area contributed by atoms with Gasteiger partial charge in [-0.15, -0.1) is 0 Å². The molecule has 4 heteroatoms. The van der Waals surface area contributed by atoms with Gasteiger partial charge in [0.05, 0.1) is 4.92 Å². The summed E-state index contributed by atoms with van der Waals surface area (Å²) >= 11 is 0. The Labute approximate surface area is 82.5 Å². The molecule has 0 radical (unpaired) electrons. The Kier molecular flexibility index (Phi) is 3.17. The number of rotatable bonds is 4. The predicted octanol–water partition coefficient (Wildman–Crippen LogP) is 2.09. The molecule has 0 aromatic heterocycles. The highest BCUT2D eigenvalue weighted by molar-refractivity contribution is 5.94. The molecule has 0 bridgehead atoms. The van der Waals surface area contributed by atoms with Crippen LogP contribution in [-0.2, 0) is 4.79 Å². The minimum Gasteiger partial charge on any atom is -0.295 e. The van der Waals surface area contributed by atoms with Crippen LogP contribution in [0.1, 0.15) is 26.7 Å². The lowest BCUT2D eigenvalue weighted by Crippen LogP contribution is -1.99. The zero-order valence-electron chi connectivity index (χ0n) is 8.32. The van der Waals surface area contributed by atoms with E-state index in [-0.39, 0.29) is 11.5 Å². The smallest absolute Gasteiger partial charge is 0.243 e. The van der Waals surface area contributed by atoms with Crippen molar-refractivity contribution in [1.29, 1.82) is 0 Å². The molecule has 0 amide bonds. The summed E-state index contributed by atoms with van der Waals surface area (Å²) in [5, 5.41) is 10.3. The number of Topliss-reactive ketones (excluding diaryl/α,β-unsaturated/α-hetero) is 1. The van der Waals surface area contributed by atoms with Crippen LogP contribution in [0, 0.1) is 16.0 Å². The molecular formula is C10H13NO3. The molecule has 1 rings (SSSR count). The Balaban J connectivity index is 2.77. The number of nitro groups is 1. The first kappa shape index (κ1) is 10.6. The zero-order valence-corrected chi connectivity index (χ0v) is 8.32. The second-order valence-corrected chi connectivity index (χ2v) is 3.52. The molecule has 1 fully saturated rings. The van der Waals surface area contributed by atoms with E-state index >= 15 is 0 Å². The Bertz CT molecular complexity index is 324. The van der Waals surface area contributed by atoms with Gasteiger partial charge < -0.3 is 0 Å². The number of carbonyl (C=O) groups is 1. The number of allylic oxidation sites excluding steroid dienone is 4. The molecule has 0 aliphatic heterocycles. The molecule has 0 aromatic carbocycles. The van der Waals surface area contributed by atoms with Crippen LogP contribution in [0.2, 0.25) is 0 Å². The van der Waals surface area contributed by atoms with Gasteiger partial charge in [-0.1, -0.05) is 0 Å². The summed E-state index contributed by atoms with van der Waals surface area (Å²) in [5.74, 6) is 0.350. The first-order chi connectivity index (χ1) is 6.52. The van der Waals surface area contributed by atoms with Crippen LogP contribution < -0.4 is 0 Å². The van der Waals surface area contributed by atoms with Gasteiger partial charge in [0.2, 0.25) is 5.70 Å². The summed E-state index contributed by atoms with van der Waals surface area (Å²) in [5.41, 5.74) is 0.774. The zero-order chi connectivity index (χ0) is 10.7. The van der Waals surface area contributed by atoms with Crippen molar-refractivity contribution in [2.45, 2.75) is 26.7 Å². The fraction of sp³-hybridized carbons (Fsp3) is 0.500. The lowest BCUT2D eigenvalue weighted by Gasteiger charge is -1.97. The molecule has 4 nitrogen and oxygen atoms in total. The number of carbonyl (C=O) groups excluding carboxylic acids is 1. The fourth-order valence-electron chi connectivity index (χ4n) is 1.21. The SMILES string of the molecule is CC(=O)/C(=C/C=C(\C)[N+](=O)[O-])C1CC1. The molecule has 0 atom stereocenters. The summed E-state index contributed by atoms with van der Waals surface area (Å²) in [6.07, 6.45) is 5.03. The fourth-order valence-corrected chi connectivity index (χ4v) is 1.21. The van der Waals surface area contributed by atoms with E-state index in [1.54, 1.807) is 6.08 Å². The highest BCUT2D eigenvalue weighted by Crippen LogP contribution is 2.36. The van der Waals surface area contributed by atoms with E-state index in [0.29, 0.717) is 11.5 Å². The van der Waals surface area contributed by atoms with E-state index < -0.39 is 4.92 Å². The van der Waals surface area contributed by atoms with Crippen molar-refractivity contribution in [2.75, 3.05) is 0 Å². The number of ketones is 1. The van der Waals surface area contributed by atoms with Crippen LogP contribution in [-0.4, -0.2) is 10.7 Å². The van der Waals surface area contributed by atoms with Gasteiger partial charge in [-0.2, -0.15) is 0 Å². The summed E-state index contributed by atoms with van der Waals surface area (Å²) in [6, 6.07) is 0. The third-order valence-corrected chi connectivity index (χ3v) is 2.22. The van der Waals surface area contributed by atoms with Crippen molar-refractivity contribution in [1.82, 2.24) is 0 Å². The largest absolute Gasteiger partial charge is 0.295 e. The van der Waals surface area contributed by atoms with Crippen LogP contribution in [0.3, 0.4) is 0 Å². The molecule has 0 saturated heterocycles. The molecule has 0 heterocycles. The summed E-state index contributed by atoms with van der Waals surface area (Å²) in [6.45, 7) is 2.92. The van der Waals surface area contributed by atoms with Crippen molar-refractivity contribution in [2.24, 2.45) is 5.92 Å². The van der Waals surface area contributed by atoms with Crippen LogP contribution in [0.5, 0.6) is 0 Å². The predicted molar refractivity (Wildman–Crippen MR) is 52.2 cm³/mol. The molecule has 1 saturated carbocycles. The summed E-state index contributed by atoms with van der Waals surface area (Å²) < 4.78 is 0. The third-order valence-electron chi connectivity index (χ3n) is 2.22. The second kappa shape index (κ2) is 4.17. The van der Waals surface area contributed by atoms with Crippen molar-refractivity contribution < 1.29 is 9.72 Å². The van der Waals surface area contributed by atoms with E-state index in [0.717, 1.165) is 12.8 Å². The highest BCUT2D eigenvalue weighted by atomic mass is 16.6. The molecule has 0 unspecified atom stereocenters. The number of hydrogen-bond donors (Lipinski definition) is 0. The molecule has 0 aromatic rings. The normalized spacial score (nSPS) is 18.1. The lowest BCUT2D eigenvalue weighted by molar-refractivity contribution is -0.424. The van der Waals surface area contributed by atoms with Gasteiger partial charge in [0.1, 0.15) is 0 Å². The average Bonchev–Trinajstić information content (AvgIpc) is 2.87. The Morgan fingerprint density at radius 3 is 2.29 bits per heavy atom. The van der Waals surface area contributed by atoms with Crippen LogP contribution >= 0.6 is 0 Å². The maximum absolute atomic E-state index is 11.1. The molecule has 1 aliphatic rings. The Morgan fingerprint density at radius 2 is 1.93 bits per heavy atom. The molecular weight excluding hydrogens is 182 g/mol. The van der Waals surface area contributed by atoms with Crippen LogP contribution in [0.25, 0.3) is 0 Å². The van der Waals surface area contributed by atoms with E-state index in [4.69, 9.17) is 0 Å². The van der Waals surface area contributed by atoms with Crippen LogP contribution in [0.15, 0.2) is 23.4 Å². The molecule has 14 heavy (non-hydrogen) atoms. The van der Waals surface area contributed by atoms with Gasteiger partial charge in [0.25, 0.3) is 0 Å². The van der Waals surface area contributed by atoms with Gasteiger partial charge in [0, 0.05) is 13.0 Å². The number of nitrogens with zero attached hydrogens (tertiary/aromatic N) is 1. The molecule has 1 aliphatic carbocycles. The van der Waals surface area contributed by atoms with E-state index in [1.165, 1.54) is 19.9 Å². The lowest BCUT2D eigenvalue weighted by atomic mass is 10.1. The summed E-state index contributed by atoms with van der Waals surface area (Å²) in [4.78, 5) is 21.0. The molecule has 0 spiro atoms. The third kappa shape index (κ3) is 2.80. The van der Waals surface area contributed by atoms with Gasteiger partial charge in [-0.05, 0) is 37.3 Å². The van der Waals surface area contributed by atoms with Crippen molar-refractivity contribution in [3.8, 4) is 0 Å². The minimum absolute atomic E-state index is 0.0138. The first-order valence-corrected chi connectivity index (χ1v) is 4.56. The first-order valence-electron chi connectivity index (χ1n) is 4.56. The maximum atomic E-state index is 11.1. The van der Waals surface area contributed by atoms with E-state index in [1.807, 2.05) is 0 Å². The van der Waals surface area contributed by atoms with Gasteiger partial charge in [-0.25, -0.2) is 0 Å². The topological polar surface area (TPSA) is 60.2 Å². The molecule has 0 N–H and O–H groups in total. The quantitative estimate of drug-likeness (QED) is 0.298.